The lowest BCUT2D eigenvalue weighted by atomic mass is 10.1. The maximum Gasteiger partial charge on any atom is 0.346 e. The average Bonchev–Trinajstić information content (AvgIpc) is 2.03. The monoisotopic (exact) mass is 163 g/mol. The first-order chi connectivity index (χ1) is 5.67. The number of nitriles is 1. The van der Waals surface area contributed by atoms with E-state index in [-0.39, 0.29) is 5.57 Å². The molecule has 3 heteroatoms. The molecular weight excluding hydrogens is 154 g/mol. The van der Waals surface area contributed by atoms with Crippen LogP contribution >= 0.6 is 0 Å². The quantitative estimate of drug-likeness (QED) is 0.296. The third kappa shape index (κ3) is 2.43. The van der Waals surface area contributed by atoms with Crippen LogP contribution in [0, 0.1) is 11.3 Å². The van der Waals surface area contributed by atoms with Gasteiger partial charge in [0.15, 0.2) is 0 Å². The van der Waals surface area contributed by atoms with E-state index in [9.17, 15) is 4.79 Å². The molecule has 62 valence electrons. The molecule has 0 fully saturated rings. The van der Waals surface area contributed by atoms with Gasteiger partial charge in [0.05, 0.1) is 0 Å². The van der Waals surface area contributed by atoms with E-state index in [1.54, 1.807) is 6.07 Å². The van der Waals surface area contributed by atoms with Crippen molar-refractivity contribution in [2.45, 2.75) is 6.42 Å². The van der Waals surface area contributed by atoms with Gasteiger partial charge in [0, 0.05) is 0 Å². The summed E-state index contributed by atoms with van der Waals surface area (Å²) in [6, 6.07) is 1.60. The van der Waals surface area contributed by atoms with Crippen molar-refractivity contribution in [1.82, 2.24) is 0 Å². The number of hydrogen-bond donors (Lipinski definition) is 1. The van der Waals surface area contributed by atoms with E-state index in [0.717, 1.165) is 0 Å². The van der Waals surface area contributed by atoms with Crippen LogP contribution in [0.2, 0.25) is 0 Å². The van der Waals surface area contributed by atoms with Crippen LogP contribution in [0.15, 0.2) is 36.5 Å². The fraction of sp³-hybridized carbons (Fsp3) is 0.111. The summed E-state index contributed by atoms with van der Waals surface area (Å²) in [5.41, 5.74) is 0.116. The summed E-state index contributed by atoms with van der Waals surface area (Å²) < 4.78 is 0. The van der Waals surface area contributed by atoms with Crippen molar-refractivity contribution in [2.24, 2.45) is 0 Å². The summed E-state index contributed by atoms with van der Waals surface area (Å²) in [7, 11) is 0. The first-order valence-corrected chi connectivity index (χ1v) is 3.27. The Morgan fingerprint density at radius 2 is 2.17 bits per heavy atom. The molecule has 0 saturated heterocycles. The normalized spacial score (nSPS) is 10.9. The van der Waals surface area contributed by atoms with Gasteiger partial charge < -0.3 is 5.11 Å². The van der Waals surface area contributed by atoms with E-state index in [4.69, 9.17) is 10.4 Å². The number of nitrogens with zero attached hydrogens (tertiary/aromatic N) is 1. The third-order valence-corrected chi connectivity index (χ3v) is 1.26. The van der Waals surface area contributed by atoms with Crippen LogP contribution in [0.25, 0.3) is 0 Å². The van der Waals surface area contributed by atoms with Gasteiger partial charge in [0.2, 0.25) is 0 Å². The van der Waals surface area contributed by atoms with Crippen molar-refractivity contribution in [1.29, 1.82) is 5.26 Å². The van der Waals surface area contributed by atoms with E-state index in [2.05, 4.69) is 13.2 Å². The van der Waals surface area contributed by atoms with Crippen molar-refractivity contribution in [3.63, 3.8) is 0 Å². The number of carbonyl (C=O) groups is 1. The molecule has 0 aliphatic carbocycles. The Morgan fingerprint density at radius 1 is 1.58 bits per heavy atom. The van der Waals surface area contributed by atoms with Crippen LogP contribution in [0.3, 0.4) is 0 Å². The lowest BCUT2D eigenvalue weighted by Crippen LogP contribution is -2.01. The number of carboxylic acid groups (broad SMARTS) is 1. The molecular formula is C9H9NO2. The summed E-state index contributed by atoms with van der Waals surface area (Å²) in [5, 5.41) is 17.0. The highest BCUT2D eigenvalue weighted by molar-refractivity contribution is 5.92. The highest BCUT2D eigenvalue weighted by Gasteiger charge is 2.09. The lowest BCUT2D eigenvalue weighted by Gasteiger charge is -1.97. The minimum absolute atomic E-state index is 0.273. The first-order valence-electron chi connectivity index (χ1n) is 3.27. The molecule has 3 nitrogen and oxygen atoms in total. The predicted octanol–water partition coefficient (Wildman–Crippen LogP) is 1.65. The predicted molar refractivity (Wildman–Crippen MR) is 45.3 cm³/mol. The van der Waals surface area contributed by atoms with Crippen LogP contribution in [-0.2, 0) is 4.79 Å². The molecule has 0 unspecified atom stereocenters. The van der Waals surface area contributed by atoms with Gasteiger partial charge in [-0.2, -0.15) is 5.26 Å². The zero-order valence-electron chi connectivity index (χ0n) is 6.58. The van der Waals surface area contributed by atoms with Gasteiger partial charge in [0.25, 0.3) is 0 Å². The Balaban J connectivity index is 5.03. The Labute approximate surface area is 70.9 Å². The second-order valence-electron chi connectivity index (χ2n) is 2.01. The summed E-state index contributed by atoms with van der Waals surface area (Å²) in [6.07, 6.45) is 3.23. The van der Waals surface area contributed by atoms with Crippen molar-refractivity contribution >= 4 is 5.97 Å². The molecule has 0 bridgehead atoms. The average molecular weight is 163 g/mol. The molecule has 0 saturated carbocycles. The van der Waals surface area contributed by atoms with E-state index >= 15 is 0 Å². The second-order valence-corrected chi connectivity index (χ2v) is 2.01. The Morgan fingerprint density at radius 3 is 2.42 bits per heavy atom. The maximum absolute atomic E-state index is 10.4. The number of hydrogen-bond acceptors (Lipinski definition) is 2. The van der Waals surface area contributed by atoms with Crippen LogP contribution in [0.4, 0.5) is 0 Å². The van der Waals surface area contributed by atoms with Crippen LogP contribution in [0.1, 0.15) is 6.42 Å². The Bertz CT molecular complexity index is 281. The van der Waals surface area contributed by atoms with Gasteiger partial charge in [-0.05, 0) is 12.0 Å². The molecule has 0 aliphatic rings. The molecule has 0 amide bonds. The minimum atomic E-state index is -1.23. The van der Waals surface area contributed by atoms with Gasteiger partial charge in [-0.25, -0.2) is 4.79 Å². The van der Waals surface area contributed by atoms with Crippen molar-refractivity contribution in [2.75, 3.05) is 0 Å². The van der Waals surface area contributed by atoms with Crippen molar-refractivity contribution in [3.05, 3.63) is 36.5 Å². The highest BCUT2D eigenvalue weighted by atomic mass is 16.4. The number of aliphatic carboxylic acids is 1. The molecule has 0 aromatic carbocycles. The number of allylic oxidation sites excluding steroid dienone is 3. The molecule has 0 aromatic rings. The molecule has 0 radical (unpaired) electrons. The van der Waals surface area contributed by atoms with Gasteiger partial charge in [-0.15, -0.1) is 6.58 Å². The highest BCUT2D eigenvalue weighted by Crippen LogP contribution is 2.10. The van der Waals surface area contributed by atoms with Gasteiger partial charge >= 0.3 is 5.97 Å². The molecule has 0 aromatic heterocycles. The van der Waals surface area contributed by atoms with Crippen LogP contribution in [0.5, 0.6) is 0 Å². The van der Waals surface area contributed by atoms with Crippen molar-refractivity contribution in [3.8, 4) is 6.07 Å². The SMILES string of the molecule is C=CCC(C=C)=C(C#N)C(=O)O. The van der Waals surface area contributed by atoms with Gasteiger partial charge in [-0.1, -0.05) is 18.7 Å². The van der Waals surface area contributed by atoms with E-state index in [1.807, 2.05) is 0 Å². The molecule has 0 spiro atoms. The van der Waals surface area contributed by atoms with Gasteiger partial charge in [-0.3, -0.25) is 0 Å². The van der Waals surface area contributed by atoms with Gasteiger partial charge in [0.1, 0.15) is 11.6 Å². The molecule has 0 atom stereocenters. The summed E-state index contributed by atoms with van der Waals surface area (Å²) >= 11 is 0. The first kappa shape index (κ1) is 10.2. The largest absolute Gasteiger partial charge is 0.477 e. The molecule has 0 heterocycles. The zero-order chi connectivity index (χ0) is 9.56. The third-order valence-electron chi connectivity index (χ3n) is 1.26. The molecule has 0 rings (SSSR count). The molecule has 12 heavy (non-hydrogen) atoms. The Kier molecular flexibility index (Phi) is 4.17. The summed E-state index contributed by atoms with van der Waals surface area (Å²) in [4.78, 5) is 10.4. The topological polar surface area (TPSA) is 61.1 Å². The second kappa shape index (κ2) is 4.91. The summed E-state index contributed by atoms with van der Waals surface area (Å²) in [5.74, 6) is -1.23. The standard InChI is InChI=1S/C9H9NO2/c1-3-5-7(4-2)8(6-10)9(11)12/h3-4H,1-2,5H2,(H,11,12). The lowest BCUT2D eigenvalue weighted by molar-refractivity contribution is -0.132. The van der Waals surface area contributed by atoms with E-state index in [1.165, 1.54) is 12.2 Å². The van der Waals surface area contributed by atoms with E-state index in [0.29, 0.717) is 12.0 Å². The molecule has 1 N–H and O–H groups in total. The van der Waals surface area contributed by atoms with Crippen LogP contribution < -0.4 is 0 Å². The zero-order valence-corrected chi connectivity index (χ0v) is 6.58. The van der Waals surface area contributed by atoms with Crippen LogP contribution in [-0.4, -0.2) is 11.1 Å². The fourth-order valence-electron chi connectivity index (χ4n) is 0.700. The number of rotatable bonds is 4. The van der Waals surface area contributed by atoms with Crippen molar-refractivity contribution < 1.29 is 9.90 Å². The maximum atomic E-state index is 10.4. The Hall–Kier alpha value is -1.82. The summed E-state index contributed by atoms with van der Waals surface area (Å²) in [6.45, 7) is 6.85. The minimum Gasteiger partial charge on any atom is -0.477 e. The smallest absolute Gasteiger partial charge is 0.346 e. The number of carboxylic acids is 1. The fourth-order valence-corrected chi connectivity index (χ4v) is 0.700. The van der Waals surface area contributed by atoms with E-state index < -0.39 is 5.97 Å². The molecule has 0 aliphatic heterocycles.